The molecular formula is C12H18N4O3S. The van der Waals surface area contributed by atoms with Gasteiger partial charge in [-0.15, -0.1) is 5.10 Å². The number of piperidine rings is 1. The number of anilines is 1. The zero-order valence-corrected chi connectivity index (χ0v) is 12.1. The maximum absolute atomic E-state index is 12.1. The molecule has 1 fully saturated rings. The highest BCUT2D eigenvalue weighted by Crippen LogP contribution is 2.26. The van der Waals surface area contributed by atoms with Crippen LogP contribution in [0.15, 0.2) is 6.20 Å². The van der Waals surface area contributed by atoms with E-state index in [1.807, 2.05) is 6.92 Å². The smallest absolute Gasteiger partial charge is 0.322 e. The second-order valence-electron chi connectivity index (χ2n) is 5.14. The molecule has 0 aliphatic carbocycles. The number of rotatable bonds is 4. The fraction of sp³-hybridized carbons (Fsp3) is 0.667. The first-order valence-electron chi connectivity index (χ1n) is 6.61. The minimum atomic E-state index is -0.783. The molecule has 110 valence electrons. The highest BCUT2D eigenvalue weighted by atomic mass is 32.1. The molecule has 0 bridgehead atoms. The van der Waals surface area contributed by atoms with E-state index in [2.05, 4.69) is 14.9 Å². The van der Waals surface area contributed by atoms with Crippen molar-refractivity contribution in [2.45, 2.75) is 26.2 Å². The lowest BCUT2D eigenvalue weighted by Gasteiger charge is -2.35. The van der Waals surface area contributed by atoms with E-state index in [4.69, 9.17) is 5.11 Å². The number of carbonyl (C=O) groups excluding carboxylic acids is 1. The Morgan fingerprint density at radius 2 is 2.45 bits per heavy atom. The third-order valence-electron chi connectivity index (χ3n) is 3.64. The van der Waals surface area contributed by atoms with Crippen LogP contribution in [-0.4, -0.2) is 44.7 Å². The maximum atomic E-state index is 12.1. The van der Waals surface area contributed by atoms with Gasteiger partial charge in [0, 0.05) is 31.0 Å². The third-order valence-corrected chi connectivity index (χ3v) is 4.22. The van der Waals surface area contributed by atoms with Crippen LogP contribution in [0.5, 0.6) is 0 Å². The van der Waals surface area contributed by atoms with E-state index >= 15 is 0 Å². The largest absolute Gasteiger partial charge is 0.481 e. The molecule has 0 radical (unpaired) electrons. The number of urea groups is 1. The van der Waals surface area contributed by atoms with Crippen LogP contribution in [0.3, 0.4) is 0 Å². The molecule has 0 aromatic carbocycles. The van der Waals surface area contributed by atoms with Crippen molar-refractivity contribution in [3.8, 4) is 0 Å². The maximum Gasteiger partial charge on any atom is 0.322 e. The van der Waals surface area contributed by atoms with Crippen LogP contribution in [0, 0.1) is 11.8 Å². The van der Waals surface area contributed by atoms with Gasteiger partial charge in [0.2, 0.25) is 0 Å². The number of nitrogens with one attached hydrogen (secondary N) is 1. The Morgan fingerprint density at radius 3 is 3.10 bits per heavy atom. The Balaban J connectivity index is 1.89. The second kappa shape index (κ2) is 6.65. The van der Waals surface area contributed by atoms with E-state index in [1.165, 1.54) is 6.20 Å². The number of amides is 2. The van der Waals surface area contributed by atoms with Gasteiger partial charge in [-0.25, -0.2) is 4.79 Å². The number of carboxylic acid groups (broad SMARTS) is 1. The minimum absolute atomic E-state index is 0.0770. The van der Waals surface area contributed by atoms with Gasteiger partial charge in [-0.2, -0.15) is 0 Å². The van der Waals surface area contributed by atoms with Gasteiger partial charge in [0.05, 0.1) is 6.20 Å². The molecule has 2 N–H and O–H groups in total. The lowest BCUT2D eigenvalue weighted by Crippen LogP contribution is -2.44. The van der Waals surface area contributed by atoms with Crippen molar-refractivity contribution in [3.05, 3.63) is 6.20 Å². The van der Waals surface area contributed by atoms with Crippen molar-refractivity contribution in [2.75, 3.05) is 18.4 Å². The molecule has 8 heteroatoms. The summed E-state index contributed by atoms with van der Waals surface area (Å²) in [6.45, 7) is 3.24. The van der Waals surface area contributed by atoms with Gasteiger partial charge in [-0.3, -0.25) is 10.1 Å². The Morgan fingerprint density at radius 1 is 1.65 bits per heavy atom. The highest BCUT2D eigenvalue weighted by molar-refractivity contribution is 7.10. The minimum Gasteiger partial charge on any atom is -0.481 e. The summed E-state index contributed by atoms with van der Waals surface area (Å²) >= 11 is 1.13. The summed E-state index contributed by atoms with van der Waals surface area (Å²) in [5.41, 5.74) is 0. The number of hydrogen-bond acceptors (Lipinski definition) is 5. The fourth-order valence-electron chi connectivity index (χ4n) is 2.51. The molecule has 2 amide bonds. The average molecular weight is 298 g/mol. The van der Waals surface area contributed by atoms with Crippen molar-refractivity contribution in [2.24, 2.45) is 11.8 Å². The molecule has 1 saturated heterocycles. The highest BCUT2D eigenvalue weighted by Gasteiger charge is 2.28. The van der Waals surface area contributed by atoms with Gasteiger partial charge in [0.1, 0.15) is 5.00 Å². The van der Waals surface area contributed by atoms with Gasteiger partial charge >= 0.3 is 12.0 Å². The Bertz CT molecular complexity index is 465. The zero-order valence-electron chi connectivity index (χ0n) is 11.3. The summed E-state index contributed by atoms with van der Waals surface area (Å²) in [7, 11) is 0. The van der Waals surface area contributed by atoms with Gasteiger partial charge in [-0.05, 0) is 24.7 Å². The van der Waals surface area contributed by atoms with Crippen molar-refractivity contribution < 1.29 is 14.7 Å². The molecular weight excluding hydrogens is 280 g/mol. The van der Waals surface area contributed by atoms with Gasteiger partial charge in [-0.1, -0.05) is 11.4 Å². The monoisotopic (exact) mass is 298 g/mol. The number of aliphatic carboxylic acids is 1. The number of aromatic nitrogens is 2. The second-order valence-corrected chi connectivity index (χ2v) is 5.92. The predicted octanol–water partition coefficient (Wildman–Crippen LogP) is 1.89. The van der Waals surface area contributed by atoms with Gasteiger partial charge in [0.15, 0.2) is 0 Å². The first-order chi connectivity index (χ1) is 9.56. The first-order valence-corrected chi connectivity index (χ1v) is 7.38. The fourth-order valence-corrected chi connectivity index (χ4v) is 2.92. The van der Waals surface area contributed by atoms with E-state index in [0.717, 1.165) is 24.4 Å². The lowest BCUT2D eigenvalue weighted by molar-refractivity contribution is -0.138. The quantitative estimate of drug-likeness (QED) is 0.885. The van der Waals surface area contributed by atoms with Crippen LogP contribution in [-0.2, 0) is 4.79 Å². The molecule has 1 aliphatic rings. The van der Waals surface area contributed by atoms with Crippen LogP contribution in [0.1, 0.15) is 26.2 Å². The molecule has 2 atom stereocenters. The summed E-state index contributed by atoms with van der Waals surface area (Å²) in [6.07, 6.45) is 3.54. The molecule has 2 unspecified atom stereocenters. The van der Waals surface area contributed by atoms with E-state index < -0.39 is 5.97 Å². The molecule has 2 heterocycles. The molecule has 2 rings (SSSR count). The SMILES string of the molecule is CC(CC(=O)O)C1CCCN(C(=O)Nc2cnns2)C1. The third kappa shape index (κ3) is 3.89. The van der Waals surface area contributed by atoms with Gasteiger partial charge < -0.3 is 10.0 Å². The summed E-state index contributed by atoms with van der Waals surface area (Å²) < 4.78 is 3.69. The van der Waals surface area contributed by atoms with Crippen molar-refractivity contribution in [3.63, 3.8) is 0 Å². The van der Waals surface area contributed by atoms with Crippen LogP contribution in [0.4, 0.5) is 9.80 Å². The molecule has 20 heavy (non-hydrogen) atoms. The number of nitrogens with zero attached hydrogens (tertiary/aromatic N) is 3. The summed E-state index contributed by atoms with van der Waals surface area (Å²) in [5.74, 6) is -0.465. The van der Waals surface area contributed by atoms with E-state index in [9.17, 15) is 9.59 Å². The van der Waals surface area contributed by atoms with Crippen LogP contribution < -0.4 is 5.32 Å². The molecule has 0 spiro atoms. The van der Waals surface area contributed by atoms with Crippen molar-refractivity contribution >= 4 is 28.5 Å². The molecule has 0 saturated carbocycles. The van der Waals surface area contributed by atoms with Crippen LogP contribution >= 0.6 is 11.5 Å². The summed E-state index contributed by atoms with van der Waals surface area (Å²) in [6, 6.07) is -0.164. The summed E-state index contributed by atoms with van der Waals surface area (Å²) in [5, 5.41) is 15.9. The standard InChI is InChI=1S/C12H18N4O3S/c1-8(5-11(17)18)9-3-2-4-16(7-9)12(19)14-10-6-13-15-20-10/h6,8-9H,2-5,7H2,1H3,(H,14,19)(H,17,18). The van der Waals surface area contributed by atoms with E-state index in [1.54, 1.807) is 4.90 Å². The number of likely N-dealkylation sites (tertiary alicyclic amines) is 1. The van der Waals surface area contributed by atoms with Crippen molar-refractivity contribution in [1.82, 2.24) is 14.5 Å². The van der Waals surface area contributed by atoms with Crippen LogP contribution in [0.2, 0.25) is 0 Å². The predicted molar refractivity (Wildman–Crippen MR) is 74.6 cm³/mol. The Labute approximate surface area is 121 Å². The lowest BCUT2D eigenvalue weighted by atomic mass is 9.85. The topological polar surface area (TPSA) is 95.4 Å². The summed E-state index contributed by atoms with van der Waals surface area (Å²) in [4.78, 5) is 24.6. The molecule has 1 aromatic rings. The average Bonchev–Trinajstić information content (AvgIpc) is 2.91. The van der Waals surface area contributed by atoms with Crippen molar-refractivity contribution in [1.29, 1.82) is 0 Å². The molecule has 1 aromatic heterocycles. The number of carbonyl (C=O) groups is 2. The Hall–Kier alpha value is -1.70. The molecule has 7 nitrogen and oxygen atoms in total. The van der Waals surface area contributed by atoms with E-state index in [0.29, 0.717) is 18.1 Å². The molecule has 1 aliphatic heterocycles. The van der Waals surface area contributed by atoms with Crippen LogP contribution in [0.25, 0.3) is 0 Å². The zero-order chi connectivity index (χ0) is 14.5. The number of hydrogen-bond donors (Lipinski definition) is 2. The van der Waals surface area contributed by atoms with E-state index in [-0.39, 0.29) is 24.3 Å². The normalized spacial score (nSPS) is 20.4. The first kappa shape index (κ1) is 14.7. The van der Waals surface area contributed by atoms with Gasteiger partial charge in [0.25, 0.3) is 0 Å². The number of carboxylic acids is 1. The Kier molecular flexibility index (Phi) is 4.89.